The summed E-state index contributed by atoms with van der Waals surface area (Å²) in [7, 11) is 1.35. The van der Waals surface area contributed by atoms with Gasteiger partial charge in [0, 0.05) is 6.54 Å². The normalized spacial score (nSPS) is 20.7. The highest BCUT2D eigenvalue weighted by molar-refractivity contribution is 5.69. The third-order valence-corrected chi connectivity index (χ3v) is 2.80. The highest BCUT2D eigenvalue weighted by atomic mass is 16.5. The lowest BCUT2D eigenvalue weighted by Gasteiger charge is -2.22. The molecule has 1 aliphatic rings. The molecular formula is C11H21NO3. The Morgan fingerprint density at radius 1 is 1.33 bits per heavy atom. The van der Waals surface area contributed by atoms with Gasteiger partial charge in [-0.2, -0.15) is 0 Å². The average Bonchev–Trinajstić information content (AvgIpc) is 2.46. The molecule has 0 aromatic carbocycles. The summed E-state index contributed by atoms with van der Waals surface area (Å²) in [5.74, 6) is -0.336. The molecule has 0 aliphatic carbocycles. The Balaban J connectivity index is 2.23. The fourth-order valence-corrected chi connectivity index (χ4v) is 1.96. The fourth-order valence-electron chi connectivity index (χ4n) is 1.96. The van der Waals surface area contributed by atoms with Crippen molar-refractivity contribution in [2.24, 2.45) is 0 Å². The monoisotopic (exact) mass is 215 g/mol. The number of likely N-dealkylation sites (tertiary alicyclic amines) is 1. The number of esters is 1. The molecule has 4 nitrogen and oxygen atoms in total. The van der Waals surface area contributed by atoms with Crippen LogP contribution in [0.5, 0.6) is 0 Å². The number of rotatable bonds is 4. The zero-order valence-electron chi connectivity index (χ0n) is 9.45. The lowest BCUT2D eigenvalue weighted by atomic mass is 10.2. The number of β-amino-alcohol motifs (C(OH)–C–C–N with tert-alkyl or cyclic N) is 1. The molecule has 1 saturated heterocycles. The van der Waals surface area contributed by atoms with Crippen molar-refractivity contribution < 1.29 is 14.6 Å². The zero-order valence-corrected chi connectivity index (χ0v) is 9.45. The number of carbonyl (C=O) groups excluding carboxylic acids is 1. The predicted molar refractivity (Wildman–Crippen MR) is 57.5 cm³/mol. The van der Waals surface area contributed by atoms with Crippen LogP contribution >= 0.6 is 0 Å². The van der Waals surface area contributed by atoms with Gasteiger partial charge in [0.25, 0.3) is 0 Å². The van der Waals surface area contributed by atoms with Crippen LogP contribution in [0, 0.1) is 0 Å². The van der Waals surface area contributed by atoms with Gasteiger partial charge in [0.05, 0.1) is 19.6 Å². The second-order valence-corrected chi connectivity index (χ2v) is 4.15. The Labute approximate surface area is 91.2 Å². The van der Waals surface area contributed by atoms with Gasteiger partial charge >= 0.3 is 5.97 Å². The summed E-state index contributed by atoms with van der Waals surface area (Å²) in [4.78, 5) is 13.2. The summed E-state index contributed by atoms with van der Waals surface area (Å²) < 4.78 is 4.52. The van der Waals surface area contributed by atoms with Gasteiger partial charge in [0.2, 0.25) is 0 Å². The van der Waals surface area contributed by atoms with Crippen LogP contribution in [0.25, 0.3) is 0 Å². The minimum absolute atomic E-state index is 0.104. The van der Waals surface area contributed by atoms with Crippen LogP contribution in [0.4, 0.5) is 0 Å². The minimum Gasteiger partial charge on any atom is -0.469 e. The van der Waals surface area contributed by atoms with E-state index < -0.39 is 6.10 Å². The quantitative estimate of drug-likeness (QED) is 0.704. The maximum atomic E-state index is 10.9. The first-order chi connectivity index (χ1) is 7.22. The number of hydrogen-bond donors (Lipinski definition) is 1. The van der Waals surface area contributed by atoms with Crippen LogP contribution in [0.15, 0.2) is 0 Å². The molecule has 1 heterocycles. The standard InChI is InChI=1S/C11H21NO3/c1-15-11(14)8-10(13)9-12-6-4-2-3-5-7-12/h10,13H,2-9H2,1H3. The highest BCUT2D eigenvalue weighted by Gasteiger charge is 2.16. The van der Waals surface area contributed by atoms with E-state index in [4.69, 9.17) is 0 Å². The van der Waals surface area contributed by atoms with E-state index in [1.165, 1.54) is 32.8 Å². The van der Waals surface area contributed by atoms with Crippen LogP contribution in [0.1, 0.15) is 32.1 Å². The number of nitrogens with zero attached hydrogens (tertiary/aromatic N) is 1. The molecule has 0 aromatic heterocycles. The summed E-state index contributed by atoms with van der Waals surface area (Å²) in [6.07, 6.45) is 4.48. The Morgan fingerprint density at radius 2 is 1.93 bits per heavy atom. The number of ether oxygens (including phenoxy) is 1. The Bertz CT molecular complexity index is 188. The predicted octanol–water partition coefficient (Wildman–Crippen LogP) is 0.786. The van der Waals surface area contributed by atoms with Gasteiger partial charge in [-0.1, -0.05) is 12.8 Å². The number of hydrogen-bond acceptors (Lipinski definition) is 4. The molecule has 1 atom stereocenters. The van der Waals surface area contributed by atoms with Gasteiger partial charge < -0.3 is 14.7 Å². The summed E-state index contributed by atoms with van der Waals surface area (Å²) in [6, 6.07) is 0. The summed E-state index contributed by atoms with van der Waals surface area (Å²) in [5.41, 5.74) is 0. The molecule has 1 N–H and O–H groups in total. The van der Waals surface area contributed by atoms with E-state index in [2.05, 4.69) is 9.64 Å². The first-order valence-electron chi connectivity index (χ1n) is 5.69. The molecular weight excluding hydrogens is 194 g/mol. The van der Waals surface area contributed by atoms with Crippen LogP contribution in [-0.4, -0.2) is 48.8 Å². The number of aliphatic hydroxyl groups is 1. The first kappa shape index (κ1) is 12.5. The Morgan fingerprint density at radius 3 is 2.47 bits per heavy atom. The second kappa shape index (κ2) is 6.80. The van der Waals surface area contributed by atoms with E-state index in [9.17, 15) is 9.90 Å². The van der Waals surface area contributed by atoms with Crippen molar-refractivity contribution >= 4 is 5.97 Å². The maximum Gasteiger partial charge on any atom is 0.308 e. The molecule has 1 unspecified atom stereocenters. The minimum atomic E-state index is -0.587. The van der Waals surface area contributed by atoms with Crippen molar-refractivity contribution in [1.29, 1.82) is 0 Å². The molecule has 15 heavy (non-hydrogen) atoms. The van der Waals surface area contributed by atoms with Gasteiger partial charge in [-0.25, -0.2) is 0 Å². The smallest absolute Gasteiger partial charge is 0.308 e. The molecule has 0 spiro atoms. The third-order valence-electron chi connectivity index (χ3n) is 2.80. The highest BCUT2D eigenvalue weighted by Crippen LogP contribution is 2.10. The lowest BCUT2D eigenvalue weighted by molar-refractivity contribution is -0.143. The zero-order chi connectivity index (χ0) is 11.1. The molecule has 88 valence electrons. The molecule has 0 radical (unpaired) electrons. The average molecular weight is 215 g/mol. The third kappa shape index (κ3) is 5.14. The van der Waals surface area contributed by atoms with E-state index in [0.29, 0.717) is 6.54 Å². The van der Waals surface area contributed by atoms with E-state index >= 15 is 0 Å². The maximum absolute atomic E-state index is 10.9. The molecule has 0 amide bonds. The van der Waals surface area contributed by atoms with Crippen molar-refractivity contribution in [3.8, 4) is 0 Å². The molecule has 0 bridgehead atoms. The van der Waals surface area contributed by atoms with Crippen molar-refractivity contribution in [1.82, 2.24) is 4.90 Å². The largest absolute Gasteiger partial charge is 0.469 e. The summed E-state index contributed by atoms with van der Waals surface area (Å²) in [6.45, 7) is 2.67. The van der Waals surface area contributed by atoms with Gasteiger partial charge in [-0.05, 0) is 25.9 Å². The first-order valence-corrected chi connectivity index (χ1v) is 5.69. The van der Waals surface area contributed by atoms with E-state index in [1.807, 2.05) is 0 Å². The molecule has 0 aromatic rings. The van der Waals surface area contributed by atoms with Crippen molar-refractivity contribution in [2.45, 2.75) is 38.2 Å². The number of methoxy groups -OCH3 is 1. The summed E-state index contributed by atoms with van der Waals surface area (Å²) in [5, 5.41) is 9.65. The fraction of sp³-hybridized carbons (Fsp3) is 0.909. The Hall–Kier alpha value is -0.610. The van der Waals surface area contributed by atoms with Crippen molar-refractivity contribution in [2.75, 3.05) is 26.7 Å². The summed E-state index contributed by atoms with van der Waals surface area (Å²) >= 11 is 0. The van der Waals surface area contributed by atoms with Gasteiger partial charge in [-0.3, -0.25) is 4.79 Å². The van der Waals surface area contributed by atoms with Crippen LogP contribution < -0.4 is 0 Å². The van der Waals surface area contributed by atoms with Crippen LogP contribution in [-0.2, 0) is 9.53 Å². The second-order valence-electron chi connectivity index (χ2n) is 4.15. The molecule has 1 aliphatic heterocycles. The number of carbonyl (C=O) groups is 1. The molecule has 0 saturated carbocycles. The number of aliphatic hydroxyl groups excluding tert-OH is 1. The van der Waals surface area contributed by atoms with E-state index in [0.717, 1.165) is 13.1 Å². The van der Waals surface area contributed by atoms with Crippen LogP contribution in [0.2, 0.25) is 0 Å². The van der Waals surface area contributed by atoms with Gasteiger partial charge in [-0.15, -0.1) is 0 Å². The van der Waals surface area contributed by atoms with Crippen molar-refractivity contribution in [3.05, 3.63) is 0 Å². The lowest BCUT2D eigenvalue weighted by Crippen LogP contribution is -2.34. The molecule has 1 fully saturated rings. The van der Waals surface area contributed by atoms with E-state index in [1.54, 1.807) is 0 Å². The van der Waals surface area contributed by atoms with Gasteiger partial charge in [0.15, 0.2) is 0 Å². The van der Waals surface area contributed by atoms with Crippen LogP contribution in [0.3, 0.4) is 0 Å². The van der Waals surface area contributed by atoms with E-state index in [-0.39, 0.29) is 12.4 Å². The molecule has 1 rings (SSSR count). The molecule has 4 heteroatoms. The SMILES string of the molecule is COC(=O)CC(O)CN1CCCCCC1. The Kier molecular flexibility index (Phi) is 5.65. The topological polar surface area (TPSA) is 49.8 Å². The van der Waals surface area contributed by atoms with Gasteiger partial charge in [0.1, 0.15) is 0 Å². The van der Waals surface area contributed by atoms with Crippen molar-refractivity contribution in [3.63, 3.8) is 0 Å².